The second-order valence-corrected chi connectivity index (χ2v) is 6.65. The Bertz CT molecular complexity index is 478. The summed E-state index contributed by atoms with van der Waals surface area (Å²) in [6, 6.07) is 0. The van der Waals surface area contributed by atoms with Crippen LogP contribution in [-0.4, -0.2) is 18.9 Å². The van der Waals surface area contributed by atoms with E-state index in [2.05, 4.69) is 0 Å². The molecule has 0 saturated carbocycles. The first-order valence-corrected chi connectivity index (χ1v) is 7.12. The third-order valence-corrected chi connectivity index (χ3v) is 5.42. The Hall–Kier alpha value is -1.09. The highest BCUT2D eigenvalue weighted by molar-refractivity contribution is 7.93. The van der Waals surface area contributed by atoms with E-state index >= 15 is 0 Å². The molecule has 2 aliphatic rings. The Morgan fingerprint density at radius 2 is 1.88 bits per heavy atom. The number of allylic oxidation sites excluding steroid dienone is 6. The van der Waals surface area contributed by atoms with Crippen molar-refractivity contribution >= 4 is 9.84 Å². The molecule has 0 amide bonds. The first kappa shape index (κ1) is 11.4. The fourth-order valence-corrected chi connectivity index (χ4v) is 3.78. The molecule has 16 heavy (non-hydrogen) atoms. The van der Waals surface area contributed by atoms with Gasteiger partial charge in [-0.05, 0) is 19.8 Å². The summed E-state index contributed by atoms with van der Waals surface area (Å²) in [5, 5.41) is -0.698. The van der Waals surface area contributed by atoms with Crippen molar-refractivity contribution in [2.75, 3.05) is 0 Å². The summed E-state index contributed by atoms with van der Waals surface area (Å²) in [7, 11) is -3.08. The molecule has 0 saturated heterocycles. The Morgan fingerprint density at radius 1 is 1.12 bits per heavy atom. The molecule has 3 heteroatoms. The molecule has 2 rings (SSSR count). The van der Waals surface area contributed by atoms with E-state index in [0.29, 0.717) is 12.8 Å². The first-order valence-electron chi connectivity index (χ1n) is 5.52. The zero-order valence-corrected chi connectivity index (χ0v) is 10.2. The van der Waals surface area contributed by atoms with Gasteiger partial charge in [0.25, 0.3) is 0 Å². The van der Waals surface area contributed by atoms with Gasteiger partial charge >= 0.3 is 0 Å². The number of rotatable bonds is 2. The molecule has 2 nitrogen and oxygen atoms in total. The Morgan fingerprint density at radius 3 is 2.44 bits per heavy atom. The van der Waals surface area contributed by atoms with E-state index in [-0.39, 0.29) is 10.5 Å². The molecule has 0 radical (unpaired) electrons. The van der Waals surface area contributed by atoms with E-state index in [4.69, 9.17) is 0 Å². The van der Waals surface area contributed by atoms with Crippen LogP contribution in [0.15, 0.2) is 48.1 Å². The molecule has 0 aliphatic heterocycles. The van der Waals surface area contributed by atoms with Crippen LogP contribution in [0.5, 0.6) is 0 Å². The average Bonchev–Trinajstić information content (AvgIpc) is 2.31. The molecule has 0 aromatic rings. The van der Waals surface area contributed by atoms with Crippen molar-refractivity contribution in [3.05, 3.63) is 48.1 Å². The van der Waals surface area contributed by atoms with Crippen molar-refractivity contribution in [3.63, 3.8) is 0 Å². The lowest BCUT2D eigenvalue weighted by Crippen LogP contribution is -2.30. The minimum absolute atomic E-state index is 0.348. The van der Waals surface area contributed by atoms with Gasteiger partial charge in [0.1, 0.15) is 0 Å². The maximum absolute atomic E-state index is 12.3. The van der Waals surface area contributed by atoms with Crippen LogP contribution in [0.4, 0.5) is 0 Å². The lowest BCUT2D eigenvalue weighted by Gasteiger charge is -2.21. The second-order valence-electron chi connectivity index (χ2n) is 4.26. The first-order chi connectivity index (χ1) is 7.60. The maximum Gasteiger partial charge on any atom is 0.163 e. The molecule has 0 fully saturated rings. The Labute approximate surface area is 97.0 Å². The van der Waals surface area contributed by atoms with Crippen molar-refractivity contribution in [1.29, 1.82) is 0 Å². The highest BCUT2D eigenvalue weighted by Crippen LogP contribution is 2.24. The monoisotopic (exact) mass is 236 g/mol. The standard InChI is InChI=1S/C13H16O2S/c1-11-7-9-13(10-8-11)16(14,15)12-5-3-2-4-6-12/h2-5,7-9,12-13H,6,10H2,1H3. The molecule has 0 aromatic heterocycles. The van der Waals surface area contributed by atoms with E-state index in [9.17, 15) is 8.42 Å². The van der Waals surface area contributed by atoms with Crippen LogP contribution in [0.2, 0.25) is 0 Å². The fraction of sp³-hybridized carbons (Fsp3) is 0.385. The van der Waals surface area contributed by atoms with Gasteiger partial charge in [0, 0.05) is 0 Å². The molecule has 2 aliphatic carbocycles. The van der Waals surface area contributed by atoms with Gasteiger partial charge in [0.15, 0.2) is 9.84 Å². The molecule has 2 unspecified atom stereocenters. The topological polar surface area (TPSA) is 34.1 Å². The van der Waals surface area contributed by atoms with Crippen LogP contribution >= 0.6 is 0 Å². The highest BCUT2D eigenvalue weighted by Gasteiger charge is 2.30. The van der Waals surface area contributed by atoms with Gasteiger partial charge in [0.05, 0.1) is 10.5 Å². The number of hydrogen-bond donors (Lipinski definition) is 0. The van der Waals surface area contributed by atoms with E-state index < -0.39 is 9.84 Å². The third kappa shape index (κ3) is 2.19. The van der Waals surface area contributed by atoms with E-state index in [1.165, 1.54) is 0 Å². The van der Waals surface area contributed by atoms with Crippen LogP contribution < -0.4 is 0 Å². The van der Waals surface area contributed by atoms with E-state index in [1.807, 2.05) is 43.4 Å². The predicted octanol–water partition coefficient (Wildman–Crippen LogP) is 2.56. The van der Waals surface area contributed by atoms with Crippen molar-refractivity contribution in [1.82, 2.24) is 0 Å². The van der Waals surface area contributed by atoms with Gasteiger partial charge in [-0.3, -0.25) is 0 Å². The quantitative estimate of drug-likeness (QED) is 0.738. The summed E-state index contributed by atoms with van der Waals surface area (Å²) >= 11 is 0. The lowest BCUT2D eigenvalue weighted by molar-refractivity contribution is 0.579. The zero-order valence-electron chi connectivity index (χ0n) is 9.34. The summed E-state index contributed by atoms with van der Waals surface area (Å²) in [6.07, 6.45) is 14.3. The Balaban J connectivity index is 2.18. The van der Waals surface area contributed by atoms with Gasteiger partial charge < -0.3 is 0 Å². The summed E-state index contributed by atoms with van der Waals surface area (Å²) < 4.78 is 24.6. The van der Waals surface area contributed by atoms with Gasteiger partial charge in [-0.15, -0.1) is 0 Å². The number of hydrogen-bond acceptors (Lipinski definition) is 2. The van der Waals surface area contributed by atoms with Gasteiger partial charge in [-0.25, -0.2) is 8.42 Å². The molecular weight excluding hydrogens is 220 g/mol. The fourth-order valence-electron chi connectivity index (χ4n) is 1.98. The molecule has 0 N–H and O–H groups in total. The van der Waals surface area contributed by atoms with Crippen molar-refractivity contribution < 1.29 is 8.42 Å². The molecule has 0 heterocycles. The molecule has 2 atom stereocenters. The minimum Gasteiger partial charge on any atom is -0.228 e. The van der Waals surface area contributed by atoms with Crippen molar-refractivity contribution in [3.8, 4) is 0 Å². The van der Waals surface area contributed by atoms with Crippen LogP contribution in [0.25, 0.3) is 0 Å². The molecule has 0 aromatic carbocycles. The van der Waals surface area contributed by atoms with E-state index in [1.54, 1.807) is 6.08 Å². The van der Waals surface area contributed by atoms with Crippen molar-refractivity contribution in [2.24, 2.45) is 0 Å². The zero-order chi connectivity index (χ0) is 11.6. The normalized spacial score (nSPS) is 29.2. The third-order valence-electron chi connectivity index (χ3n) is 3.03. The average molecular weight is 236 g/mol. The van der Waals surface area contributed by atoms with Gasteiger partial charge in [0.2, 0.25) is 0 Å². The highest BCUT2D eigenvalue weighted by atomic mass is 32.2. The largest absolute Gasteiger partial charge is 0.228 e. The lowest BCUT2D eigenvalue weighted by atomic mass is 10.1. The van der Waals surface area contributed by atoms with Crippen LogP contribution in [0, 0.1) is 0 Å². The van der Waals surface area contributed by atoms with E-state index in [0.717, 1.165) is 5.57 Å². The summed E-state index contributed by atoms with van der Waals surface area (Å²) in [4.78, 5) is 0. The van der Waals surface area contributed by atoms with Crippen LogP contribution in [0.1, 0.15) is 19.8 Å². The minimum atomic E-state index is -3.08. The Kier molecular flexibility index (Phi) is 3.15. The van der Waals surface area contributed by atoms with Gasteiger partial charge in [-0.1, -0.05) is 48.1 Å². The summed E-state index contributed by atoms with van der Waals surface area (Å²) in [5.74, 6) is 0. The number of sulfone groups is 1. The smallest absolute Gasteiger partial charge is 0.163 e. The van der Waals surface area contributed by atoms with Crippen LogP contribution in [-0.2, 0) is 9.84 Å². The summed E-state index contributed by atoms with van der Waals surface area (Å²) in [6.45, 7) is 1.99. The van der Waals surface area contributed by atoms with Crippen molar-refractivity contribution in [2.45, 2.75) is 30.3 Å². The molecule has 0 bridgehead atoms. The second kappa shape index (κ2) is 4.42. The SMILES string of the molecule is CC1=CCC(S(=O)(=O)C2C=CC=CC2)C=C1. The molecule has 0 spiro atoms. The summed E-state index contributed by atoms with van der Waals surface area (Å²) in [5.41, 5.74) is 1.14. The maximum atomic E-state index is 12.3. The molecular formula is C13H16O2S. The predicted molar refractivity (Wildman–Crippen MR) is 66.9 cm³/mol. The molecule has 86 valence electrons. The van der Waals surface area contributed by atoms with Crippen LogP contribution in [0.3, 0.4) is 0 Å². The van der Waals surface area contributed by atoms with Gasteiger partial charge in [-0.2, -0.15) is 0 Å².